The second-order valence-electron chi connectivity index (χ2n) is 11.0. The molecule has 4 nitrogen and oxygen atoms in total. The number of aliphatic carboxylic acids is 1. The highest BCUT2D eigenvalue weighted by Crippen LogP contribution is 2.18. The summed E-state index contributed by atoms with van der Waals surface area (Å²) in [6.45, 7) is 4.48. The van der Waals surface area contributed by atoms with Crippen molar-refractivity contribution in [2.24, 2.45) is 0 Å². The summed E-state index contributed by atoms with van der Waals surface area (Å²) in [5.74, 6) is -0.709. The largest absolute Gasteiger partial charge is 0.481 e. The van der Waals surface area contributed by atoms with Crippen molar-refractivity contribution in [2.45, 2.75) is 193 Å². The molecule has 1 atom stereocenters. The van der Waals surface area contributed by atoms with E-state index in [1.165, 1.54) is 96.3 Å². The van der Waals surface area contributed by atoms with E-state index in [0.717, 1.165) is 64.2 Å². The van der Waals surface area contributed by atoms with E-state index in [4.69, 9.17) is 9.84 Å². The molecular formula is C32H62O4. The summed E-state index contributed by atoms with van der Waals surface area (Å²) in [5.41, 5.74) is 0. The first-order chi connectivity index (χ1) is 17.6. The maximum absolute atomic E-state index is 12.4. The van der Waals surface area contributed by atoms with Crippen LogP contribution >= 0.6 is 0 Å². The minimum atomic E-state index is -0.702. The zero-order valence-electron chi connectivity index (χ0n) is 24.3. The lowest BCUT2D eigenvalue weighted by Gasteiger charge is -2.18. The van der Waals surface area contributed by atoms with Crippen LogP contribution in [0.1, 0.15) is 187 Å². The Bertz CT molecular complexity index is 477. The SMILES string of the molecule is CCCCCCCCCCCCCCCCCC(=O)OC(CCCCC)CCCCCCCC(=O)O. The highest BCUT2D eigenvalue weighted by Gasteiger charge is 2.14. The maximum atomic E-state index is 12.4. The number of esters is 1. The topological polar surface area (TPSA) is 63.6 Å². The zero-order valence-corrected chi connectivity index (χ0v) is 24.3. The van der Waals surface area contributed by atoms with Crippen molar-refractivity contribution < 1.29 is 19.4 Å². The lowest BCUT2D eigenvalue weighted by molar-refractivity contribution is -0.150. The van der Waals surface area contributed by atoms with Gasteiger partial charge in [-0.25, -0.2) is 0 Å². The molecule has 0 aromatic rings. The van der Waals surface area contributed by atoms with Crippen LogP contribution in [0, 0.1) is 0 Å². The smallest absolute Gasteiger partial charge is 0.306 e. The van der Waals surface area contributed by atoms with E-state index in [9.17, 15) is 9.59 Å². The molecule has 0 rings (SSSR count). The molecule has 214 valence electrons. The lowest BCUT2D eigenvalue weighted by atomic mass is 10.0. The second kappa shape index (κ2) is 28.5. The molecule has 1 N–H and O–H groups in total. The molecule has 0 saturated heterocycles. The van der Waals surface area contributed by atoms with E-state index >= 15 is 0 Å². The number of carboxylic acids is 1. The Morgan fingerprint density at radius 1 is 0.500 bits per heavy atom. The molecule has 0 spiro atoms. The van der Waals surface area contributed by atoms with Crippen molar-refractivity contribution in [3.8, 4) is 0 Å². The van der Waals surface area contributed by atoms with Gasteiger partial charge in [0.15, 0.2) is 0 Å². The molecule has 0 amide bonds. The Kier molecular flexibility index (Phi) is 27.7. The monoisotopic (exact) mass is 510 g/mol. The number of ether oxygens (including phenoxy) is 1. The number of carbonyl (C=O) groups is 2. The third-order valence-electron chi connectivity index (χ3n) is 7.33. The predicted molar refractivity (Wildman–Crippen MR) is 154 cm³/mol. The van der Waals surface area contributed by atoms with Gasteiger partial charge in [0.25, 0.3) is 0 Å². The first kappa shape index (κ1) is 34.9. The van der Waals surface area contributed by atoms with Gasteiger partial charge in [-0.05, 0) is 38.5 Å². The van der Waals surface area contributed by atoms with Gasteiger partial charge < -0.3 is 9.84 Å². The van der Waals surface area contributed by atoms with Crippen molar-refractivity contribution in [2.75, 3.05) is 0 Å². The van der Waals surface area contributed by atoms with Crippen molar-refractivity contribution in [1.29, 1.82) is 0 Å². The third kappa shape index (κ3) is 27.5. The molecule has 0 aliphatic heterocycles. The molecular weight excluding hydrogens is 448 g/mol. The van der Waals surface area contributed by atoms with Crippen LogP contribution in [0.5, 0.6) is 0 Å². The van der Waals surface area contributed by atoms with Crippen LogP contribution in [0.4, 0.5) is 0 Å². The number of carbonyl (C=O) groups excluding carboxylic acids is 1. The first-order valence-electron chi connectivity index (χ1n) is 16.0. The van der Waals surface area contributed by atoms with Gasteiger partial charge >= 0.3 is 11.9 Å². The van der Waals surface area contributed by atoms with Gasteiger partial charge in [0.05, 0.1) is 0 Å². The van der Waals surface area contributed by atoms with Crippen LogP contribution in [0.15, 0.2) is 0 Å². The molecule has 4 heteroatoms. The number of hydrogen-bond acceptors (Lipinski definition) is 3. The molecule has 0 aromatic carbocycles. The molecule has 0 aliphatic carbocycles. The number of unbranched alkanes of at least 4 members (excludes halogenated alkanes) is 20. The number of rotatable bonds is 29. The molecule has 0 aromatic heterocycles. The van der Waals surface area contributed by atoms with Crippen molar-refractivity contribution in [3.63, 3.8) is 0 Å². The molecule has 1 unspecified atom stereocenters. The highest BCUT2D eigenvalue weighted by molar-refractivity contribution is 5.69. The second-order valence-corrected chi connectivity index (χ2v) is 11.0. The fraction of sp³-hybridized carbons (Fsp3) is 0.938. The Balaban J connectivity index is 3.69. The molecule has 0 saturated carbocycles. The van der Waals surface area contributed by atoms with E-state index in [2.05, 4.69) is 13.8 Å². The van der Waals surface area contributed by atoms with Gasteiger partial charge in [-0.15, -0.1) is 0 Å². The van der Waals surface area contributed by atoms with E-state index < -0.39 is 5.97 Å². The zero-order chi connectivity index (χ0) is 26.5. The summed E-state index contributed by atoms with van der Waals surface area (Å²) >= 11 is 0. The Morgan fingerprint density at radius 2 is 0.833 bits per heavy atom. The minimum absolute atomic E-state index is 0.00680. The normalized spacial score (nSPS) is 12.1. The Labute approximate surface area is 224 Å². The number of hydrogen-bond donors (Lipinski definition) is 1. The third-order valence-corrected chi connectivity index (χ3v) is 7.33. The van der Waals surface area contributed by atoms with E-state index in [1.54, 1.807) is 0 Å². The predicted octanol–water partition coefficient (Wildman–Crippen LogP) is 10.6. The first-order valence-corrected chi connectivity index (χ1v) is 16.0. The van der Waals surface area contributed by atoms with Crippen LogP contribution in [0.2, 0.25) is 0 Å². The van der Waals surface area contributed by atoms with E-state index in [1.807, 2.05) is 0 Å². The van der Waals surface area contributed by atoms with Crippen LogP contribution in [0.3, 0.4) is 0 Å². The summed E-state index contributed by atoms with van der Waals surface area (Å²) in [6.07, 6.45) is 31.4. The summed E-state index contributed by atoms with van der Waals surface area (Å²) in [5, 5.41) is 8.71. The Morgan fingerprint density at radius 3 is 1.28 bits per heavy atom. The summed E-state index contributed by atoms with van der Waals surface area (Å²) in [4.78, 5) is 23.0. The highest BCUT2D eigenvalue weighted by atomic mass is 16.5. The van der Waals surface area contributed by atoms with E-state index in [0.29, 0.717) is 6.42 Å². The van der Waals surface area contributed by atoms with Crippen LogP contribution < -0.4 is 0 Å². The molecule has 0 radical (unpaired) electrons. The van der Waals surface area contributed by atoms with Crippen LogP contribution in [0.25, 0.3) is 0 Å². The van der Waals surface area contributed by atoms with Gasteiger partial charge in [-0.1, -0.05) is 136 Å². The quantitative estimate of drug-likeness (QED) is 0.0802. The van der Waals surface area contributed by atoms with Crippen LogP contribution in [-0.2, 0) is 14.3 Å². The molecule has 0 heterocycles. The standard InChI is InChI=1S/C32H62O4/c1-3-5-7-8-9-10-11-12-13-14-15-16-17-21-25-29-32(35)36-30(26-22-6-4-2)27-23-19-18-20-24-28-31(33)34/h30H,3-29H2,1-2H3,(H,33,34). The van der Waals surface area contributed by atoms with E-state index in [-0.39, 0.29) is 18.5 Å². The summed E-state index contributed by atoms with van der Waals surface area (Å²) < 4.78 is 5.86. The van der Waals surface area contributed by atoms with Crippen molar-refractivity contribution in [1.82, 2.24) is 0 Å². The van der Waals surface area contributed by atoms with Gasteiger partial charge in [0.2, 0.25) is 0 Å². The molecule has 0 aliphatic rings. The average Bonchev–Trinajstić information content (AvgIpc) is 2.85. The minimum Gasteiger partial charge on any atom is -0.481 e. The van der Waals surface area contributed by atoms with Crippen molar-refractivity contribution in [3.05, 3.63) is 0 Å². The van der Waals surface area contributed by atoms with Gasteiger partial charge in [0, 0.05) is 12.8 Å². The van der Waals surface area contributed by atoms with Gasteiger partial charge in [-0.2, -0.15) is 0 Å². The van der Waals surface area contributed by atoms with Crippen molar-refractivity contribution >= 4 is 11.9 Å². The molecule has 0 bridgehead atoms. The number of carboxylic acid groups (broad SMARTS) is 1. The molecule has 0 fully saturated rings. The summed E-state index contributed by atoms with van der Waals surface area (Å²) in [7, 11) is 0. The maximum Gasteiger partial charge on any atom is 0.306 e. The fourth-order valence-corrected chi connectivity index (χ4v) is 4.95. The fourth-order valence-electron chi connectivity index (χ4n) is 4.95. The Hall–Kier alpha value is -1.06. The molecule has 36 heavy (non-hydrogen) atoms. The average molecular weight is 511 g/mol. The lowest BCUT2D eigenvalue weighted by Crippen LogP contribution is -2.18. The van der Waals surface area contributed by atoms with Gasteiger partial charge in [-0.3, -0.25) is 9.59 Å². The summed E-state index contributed by atoms with van der Waals surface area (Å²) in [6, 6.07) is 0. The van der Waals surface area contributed by atoms with Crippen LogP contribution in [-0.4, -0.2) is 23.1 Å². The van der Waals surface area contributed by atoms with Gasteiger partial charge in [0.1, 0.15) is 6.10 Å².